The number of likely N-dealkylation sites (N-methyl/N-ethyl adjacent to an activating group) is 1. The molecule has 1 aromatic rings. The van der Waals surface area contributed by atoms with E-state index >= 15 is 0 Å². The molecule has 7 heteroatoms. The predicted octanol–water partition coefficient (Wildman–Crippen LogP) is 2.95. The van der Waals surface area contributed by atoms with Gasteiger partial charge in [-0.3, -0.25) is 5.32 Å². The number of rotatable bonds is 6. The van der Waals surface area contributed by atoms with Crippen LogP contribution >= 0.6 is 11.3 Å². The summed E-state index contributed by atoms with van der Waals surface area (Å²) in [5.74, 6) is -1.03. The molecule has 0 aromatic carbocycles. The Kier molecular flexibility index (Phi) is 6.17. The number of thiophene rings is 1. The van der Waals surface area contributed by atoms with Crippen LogP contribution in [0, 0.1) is 13.8 Å². The van der Waals surface area contributed by atoms with Crippen molar-refractivity contribution < 1.29 is 19.4 Å². The van der Waals surface area contributed by atoms with E-state index in [1.165, 1.54) is 11.3 Å². The van der Waals surface area contributed by atoms with Crippen molar-refractivity contribution in [2.45, 2.75) is 33.7 Å². The molecule has 1 aromatic heterocycles. The van der Waals surface area contributed by atoms with Gasteiger partial charge in [-0.2, -0.15) is 0 Å². The highest BCUT2D eigenvalue weighted by atomic mass is 32.1. The van der Waals surface area contributed by atoms with E-state index in [0.717, 1.165) is 4.88 Å². The first kappa shape index (κ1) is 17.5. The van der Waals surface area contributed by atoms with Gasteiger partial charge in [0, 0.05) is 18.5 Å². The van der Waals surface area contributed by atoms with E-state index in [2.05, 4.69) is 5.32 Å². The van der Waals surface area contributed by atoms with Gasteiger partial charge in [-0.15, -0.1) is 11.3 Å². The van der Waals surface area contributed by atoms with Crippen LogP contribution in [0.5, 0.6) is 0 Å². The van der Waals surface area contributed by atoms with Crippen molar-refractivity contribution in [1.82, 2.24) is 4.90 Å². The Morgan fingerprint density at radius 3 is 2.52 bits per heavy atom. The van der Waals surface area contributed by atoms with Crippen molar-refractivity contribution in [2.24, 2.45) is 0 Å². The largest absolute Gasteiger partial charge is 0.478 e. The fraction of sp³-hybridized carbons (Fsp3) is 0.571. The third-order valence-electron chi connectivity index (χ3n) is 3.36. The van der Waals surface area contributed by atoms with Gasteiger partial charge < -0.3 is 14.7 Å². The van der Waals surface area contributed by atoms with Crippen LogP contribution in [0.25, 0.3) is 0 Å². The molecule has 21 heavy (non-hydrogen) atoms. The highest BCUT2D eigenvalue weighted by Crippen LogP contribution is 2.32. The van der Waals surface area contributed by atoms with Crippen LogP contribution in [0.15, 0.2) is 0 Å². The molecular weight excluding hydrogens is 292 g/mol. The van der Waals surface area contributed by atoms with Crippen LogP contribution in [0.2, 0.25) is 0 Å². The molecule has 1 heterocycles. The average Bonchev–Trinajstić information content (AvgIpc) is 2.65. The number of hydrogen-bond donors (Lipinski definition) is 2. The molecule has 1 rings (SSSR count). The van der Waals surface area contributed by atoms with E-state index in [0.29, 0.717) is 23.7 Å². The van der Waals surface area contributed by atoms with Gasteiger partial charge in [-0.25, -0.2) is 9.59 Å². The van der Waals surface area contributed by atoms with Gasteiger partial charge in [0.15, 0.2) is 0 Å². The molecule has 0 bridgehead atoms. The molecule has 0 spiro atoms. The van der Waals surface area contributed by atoms with Crippen LogP contribution in [0.1, 0.15) is 34.6 Å². The zero-order valence-corrected chi connectivity index (χ0v) is 13.8. The van der Waals surface area contributed by atoms with E-state index in [-0.39, 0.29) is 17.6 Å². The van der Waals surface area contributed by atoms with Gasteiger partial charge in [-0.05, 0) is 33.3 Å². The summed E-state index contributed by atoms with van der Waals surface area (Å²) < 4.78 is 5.06. The van der Waals surface area contributed by atoms with Gasteiger partial charge in [0.1, 0.15) is 5.00 Å². The summed E-state index contributed by atoms with van der Waals surface area (Å²) in [6, 6.07) is -0.402. The van der Waals surface area contributed by atoms with Crippen LogP contribution in [0.3, 0.4) is 0 Å². The van der Waals surface area contributed by atoms with Gasteiger partial charge in [0.2, 0.25) is 0 Å². The molecule has 2 N–H and O–H groups in total. The van der Waals surface area contributed by atoms with Gasteiger partial charge in [0.25, 0.3) is 0 Å². The van der Waals surface area contributed by atoms with E-state index in [1.54, 1.807) is 18.9 Å². The molecule has 6 nitrogen and oxygen atoms in total. The summed E-state index contributed by atoms with van der Waals surface area (Å²) in [5, 5.41) is 12.4. The second-order valence-electron chi connectivity index (χ2n) is 4.81. The second-order valence-corrected chi connectivity index (χ2v) is 6.04. The maximum absolute atomic E-state index is 12.3. The maximum atomic E-state index is 12.3. The number of carbonyl (C=O) groups is 2. The standard InChI is InChI=1S/C14H22N2O4S/c1-6-16(8(2)7-20-5)14(19)15-12-11(13(17)18)9(3)10(4)21-12/h8H,6-7H2,1-5H3,(H,15,19)(H,17,18). The molecule has 2 amide bonds. The smallest absolute Gasteiger partial charge is 0.338 e. The number of aryl methyl sites for hydroxylation is 1. The van der Waals surface area contributed by atoms with Crippen molar-refractivity contribution in [3.63, 3.8) is 0 Å². The molecule has 1 atom stereocenters. The third kappa shape index (κ3) is 3.95. The summed E-state index contributed by atoms with van der Waals surface area (Å²) in [6.45, 7) is 8.28. The van der Waals surface area contributed by atoms with E-state index < -0.39 is 5.97 Å². The summed E-state index contributed by atoms with van der Waals surface area (Å²) >= 11 is 1.28. The number of carboxylic acids is 1. The number of nitrogens with one attached hydrogen (secondary N) is 1. The lowest BCUT2D eigenvalue weighted by Gasteiger charge is -2.27. The Balaban J connectivity index is 2.97. The molecular formula is C14H22N2O4S. The lowest BCUT2D eigenvalue weighted by atomic mass is 10.1. The third-order valence-corrected chi connectivity index (χ3v) is 4.48. The second kappa shape index (κ2) is 7.42. The van der Waals surface area contributed by atoms with Gasteiger partial charge in [-0.1, -0.05) is 0 Å². The number of methoxy groups -OCH3 is 1. The first-order chi connectivity index (χ1) is 9.83. The summed E-state index contributed by atoms with van der Waals surface area (Å²) in [4.78, 5) is 26.2. The Labute approximate surface area is 128 Å². The van der Waals surface area contributed by atoms with E-state index in [9.17, 15) is 14.7 Å². The highest BCUT2D eigenvalue weighted by molar-refractivity contribution is 7.16. The van der Waals surface area contributed by atoms with Crippen molar-refractivity contribution in [1.29, 1.82) is 0 Å². The Morgan fingerprint density at radius 2 is 2.05 bits per heavy atom. The molecule has 0 aliphatic heterocycles. The molecule has 0 saturated heterocycles. The number of urea groups is 1. The quantitative estimate of drug-likeness (QED) is 0.846. The molecule has 0 aliphatic carbocycles. The summed E-state index contributed by atoms with van der Waals surface area (Å²) in [7, 11) is 1.58. The molecule has 0 saturated carbocycles. The Bertz CT molecular complexity index is 527. The van der Waals surface area contributed by atoms with Crippen molar-refractivity contribution in [3.8, 4) is 0 Å². The highest BCUT2D eigenvalue weighted by Gasteiger charge is 2.24. The Hall–Kier alpha value is -1.60. The SMILES string of the molecule is CCN(C(=O)Nc1sc(C)c(C)c1C(=O)O)C(C)COC. The van der Waals surface area contributed by atoms with Crippen LogP contribution < -0.4 is 5.32 Å². The molecule has 0 fully saturated rings. The number of nitrogens with zero attached hydrogens (tertiary/aromatic N) is 1. The average molecular weight is 314 g/mol. The monoisotopic (exact) mass is 314 g/mol. The van der Waals surface area contributed by atoms with Crippen molar-refractivity contribution in [2.75, 3.05) is 25.6 Å². The molecule has 0 radical (unpaired) electrons. The number of ether oxygens (including phenoxy) is 1. The summed E-state index contributed by atoms with van der Waals surface area (Å²) in [6.07, 6.45) is 0. The zero-order valence-electron chi connectivity index (χ0n) is 13.0. The van der Waals surface area contributed by atoms with Crippen LogP contribution in [-0.2, 0) is 4.74 Å². The zero-order chi connectivity index (χ0) is 16.2. The molecule has 0 aliphatic rings. The lowest BCUT2D eigenvalue weighted by Crippen LogP contribution is -2.43. The van der Waals surface area contributed by atoms with Crippen molar-refractivity contribution in [3.05, 3.63) is 16.0 Å². The molecule has 1 unspecified atom stereocenters. The Morgan fingerprint density at radius 1 is 1.43 bits per heavy atom. The minimum Gasteiger partial charge on any atom is -0.478 e. The number of carboxylic acid groups (broad SMARTS) is 1. The normalized spacial score (nSPS) is 12.0. The van der Waals surface area contributed by atoms with E-state index in [4.69, 9.17) is 4.74 Å². The van der Waals surface area contributed by atoms with Crippen molar-refractivity contribution >= 4 is 28.3 Å². The fourth-order valence-electron chi connectivity index (χ4n) is 2.13. The minimum atomic E-state index is -1.03. The van der Waals surface area contributed by atoms with Gasteiger partial charge in [0.05, 0.1) is 18.2 Å². The summed E-state index contributed by atoms with van der Waals surface area (Å²) in [5.41, 5.74) is 0.858. The number of carbonyl (C=O) groups excluding carboxylic acids is 1. The maximum Gasteiger partial charge on any atom is 0.338 e. The lowest BCUT2D eigenvalue weighted by molar-refractivity contribution is 0.0697. The van der Waals surface area contributed by atoms with Crippen LogP contribution in [-0.4, -0.2) is 48.3 Å². The number of aromatic carboxylic acids is 1. The number of amides is 2. The fourth-order valence-corrected chi connectivity index (χ4v) is 3.17. The predicted molar refractivity (Wildman–Crippen MR) is 83.5 cm³/mol. The van der Waals surface area contributed by atoms with Gasteiger partial charge >= 0.3 is 12.0 Å². The first-order valence-electron chi connectivity index (χ1n) is 6.73. The first-order valence-corrected chi connectivity index (χ1v) is 7.54. The topological polar surface area (TPSA) is 78.9 Å². The van der Waals surface area contributed by atoms with E-state index in [1.807, 2.05) is 20.8 Å². The number of anilines is 1. The van der Waals surface area contributed by atoms with Crippen LogP contribution in [0.4, 0.5) is 9.80 Å². The minimum absolute atomic E-state index is 0.0876. The molecule has 118 valence electrons. The number of hydrogen-bond acceptors (Lipinski definition) is 4.